The van der Waals surface area contributed by atoms with Gasteiger partial charge in [-0.05, 0) is 83.9 Å². The number of nitrogen functional groups attached to an aromatic ring is 1. The van der Waals surface area contributed by atoms with Crippen molar-refractivity contribution in [3.63, 3.8) is 0 Å². The predicted molar refractivity (Wildman–Crippen MR) is 174 cm³/mol. The molecule has 220 valence electrons. The summed E-state index contributed by atoms with van der Waals surface area (Å²) in [7, 11) is 0. The lowest BCUT2D eigenvalue weighted by molar-refractivity contribution is -0.384. The second kappa shape index (κ2) is 15.3. The number of rotatable bonds is 9. The van der Waals surface area contributed by atoms with Crippen molar-refractivity contribution in [2.24, 2.45) is 0 Å². The van der Waals surface area contributed by atoms with Gasteiger partial charge in [-0.1, -0.05) is 67.7 Å². The summed E-state index contributed by atoms with van der Waals surface area (Å²) in [5.74, 6) is 2.42. The average Bonchev–Trinajstić information content (AvgIpc) is 3.00. The summed E-state index contributed by atoms with van der Waals surface area (Å²) in [6.07, 6.45) is 0. The second-order valence-corrected chi connectivity index (χ2v) is 11.2. The van der Waals surface area contributed by atoms with Gasteiger partial charge in [0, 0.05) is 15.0 Å². The van der Waals surface area contributed by atoms with Crippen molar-refractivity contribution in [2.75, 3.05) is 5.73 Å². The largest absolute Gasteiger partial charge is 0.508 e. The molecule has 0 radical (unpaired) electrons. The monoisotopic (exact) mass is 726 g/mol. The molecular formula is C32H25Br2ClN2O6. The first kappa shape index (κ1) is 31.7. The second-order valence-electron chi connectivity index (χ2n) is 9.00. The topological polar surface area (TPSA) is 117 Å². The highest BCUT2D eigenvalue weighted by Crippen LogP contribution is 2.32. The number of nitro benzene ring substituents is 1. The molecule has 0 aliphatic rings. The highest BCUT2D eigenvalue weighted by atomic mass is 79.9. The Labute approximate surface area is 270 Å². The highest BCUT2D eigenvalue weighted by Gasteiger charge is 2.13. The maximum absolute atomic E-state index is 10.7. The molecule has 5 aromatic carbocycles. The lowest BCUT2D eigenvalue weighted by Crippen LogP contribution is -1.97. The number of hydrogen-bond acceptors (Lipinski definition) is 7. The van der Waals surface area contributed by atoms with Gasteiger partial charge in [-0.25, -0.2) is 0 Å². The van der Waals surface area contributed by atoms with Crippen molar-refractivity contribution in [3.8, 4) is 28.7 Å². The number of nitrogens with two attached hydrogens (primary N) is 1. The number of phenols is 1. The Balaban J connectivity index is 0.000000203. The summed E-state index contributed by atoms with van der Waals surface area (Å²) in [6, 6.07) is 31.7. The summed E-state index contributed by atoms with van der Waals surface area (Å²) < 4.78 is 19.0. The van der Waals surface area contributed by atoms with E-state index in [9.17, 15) is 15.2 Å². The molecule has 0 heterocycles. The predicted octanol–water partition coefficient (Wildman–Crippen LogP) is 9.70. The summed E-state index contributed by atoms with van der Waals surface area (Å²) in [4.78, 5) is 10.2. The summed E-state index contributed by atoms with van der Waals surface area (Å²) >= 11 is 12.5. The van der Waals surface area contributed by atoms with Crippen molar-refractivity contribution in [3.05, 3.63) is 144 Å². The first-order chi connectivity index (χ1) is 20.7. The summed E-state index contributed by atoms with van der Waals surface area (Å²) in [5.41, 5.74) is 8.40. The minimum Gasteiger partial charge on any atom is -0.508 e. The molecule has 0 saturated heterocycles. The lowest BCUT2D eigenvalue weighted by atomic mass is 10.2. The highest BCUT2D eigenvalue weighted by molar-refractivity contribution is 9.10. The maximum Gasteiger partial charge on any atom is 0.291 e. The number of nitro groups is 1. The molecule has 0 aromatic heterocycles. The molecule has 5 aromatic rings. The van der Waals surface area contributed by atoms with Crippen LogP contribution in [0.25, 0.3) is 0 Å². The molecule has 43 heavy (non-hydrogen) atoms. The Kier molecular flexibility index (Phi) is 11.3. The third-order valence-electron chi connectivity index (χ3n) is 5.80. The van der Waals surface area contributed by atoms with E-state index in [0.717, 1.165) is 20.1 Å². The molecule has 0 bridgehead atoms. The van der Waals surface area contributed by atoms with Gasteiger partial charge in [-0.2, -0.15) is 0 Å². The Morgan fingerprint density at radius 2 is 1.21 bits per heavy atom. The van der Waals surface area contributed by atoms with Gasteiger partial charge in [0.1, 0.15) is 41.2 Å². The Morgan fingerprint density at radius 1 is 0.721 bits per heavy atom. The first-order valence-electron chi connectivity index (χ1n) is 12.7. The van der Waals surface area contributed by atoms with Gasteiger partial charge in [0.15, 0.2) is 5.75 Å². The van der Waals surface area contributed by atoms with E-state index in [1.807, 2.05) is 54.6 Å². The normalized spacial score (nSPS) is 10.3. The van der Waals surface area contributed by atoms with Crippen LogP contribution in [-0.4, -0.2) is 10.0 Å². The van der Waals surface area contributed by atoms with Crippen LogP contribution in [0, 0.1) is 10.1 Å². The molecule has 0 spiro atoms. The molecule has 11 heteroatoms. The zero-order valence-electron chi connectivity index (χ0n) is 22.5. The third kappa shape index (κ3) is 9.92. The number of nitrogens with zero attached hydrogens (tertiary/aromatic N) is 1. The SMILES string of the molecule is Nc1cc(OCc2ccc(Br)cc2)ccc1Oc1ccc(O)cc1.O=[N+]([O-])c1cc(OCc2ccc(Br)cc2)ccc1Cl. The van der Waals surface area contributed by atoms with Crippen LogP contribution in [0.2, 0.25) is 5.02 Å². The molecule has 0 aliphatic carbocycles. The first-order valence-corrected chi connectivity index (χ1v) is 14.7. The molecule has 0 amide bonds. The van der Waals surface area contributed by atoms with E-state index in [2.05, 4.69) is 31.9 Å². The smallest absolute Gasteiger partial charge is 0.291 e. The van der Waals surface area contributed by atoms with E-state index in [-0.39, 0.29) is 16.5 Å². The van der Waals surface area contributed by atoms with E-state index < -0.39 is 4.92 Å². The van der Waals surface area contributed by atoms with Crippen molar-refractivity contribution in [2.45, 2.75) is 13.2 Å². The number of aromatic hydroxyl groups is 1. The molecular weight excluding hydrogens is 704 g/mol. The van der Waals surface area contributed by atoms with Crippen molar-refractivity contribution < 1.29 is 24.2 Å². The molecule has 0 saturated carbocycles. The van der Waals surface area contributed by atoms with E-state index in [1.165, 1.54) is 12.1 Å². The number of anilines is 1. The molecule has 0 unspecified atom stereocenters. The van der Waals surface area contributed by atoms with Crippen LogP contribution < -0.4 is 19.9 Å². The third-order valence-corrected chi connectivity index (χ3v) is 7.17. The zero-order chi connectivity index (χ0) is 30.8. The van der Waals surface area contributed by atoms with Crippen LogP contribution in [0.15, 0.2) is 118 Å². The van der Waals surface area contributed by atoms with E-state index in [1.54, 1.807) is 42.5 Å². The fourth-order valence-corrected chi connectivity index (χ4v) is 4.28. The molecule has 5 rings (SSSR count). The van der Waals surface area contributed by atoms with Gasteiger partial charge in [0.05, 0.1) is 16.7 Å². The maximum atomic E-state index is 10.7. The van der Waals surface area contributed by atoms with Crippen LogP contribution in [0.1, 0.15) is 11.1 Å². The van der Waals surface area contributed by atoms with E-state index in [4.69, 9.17) is 31.5 Å². The Hall–Kier alpha value is -4.25. The Morgan fingerprint density at radius 3 is 1.72 bits per heavy atom. The number of phenolic OH excluding ortho intramolecular Hbond substituents is 1. The minimum absolute atomic E-state index is 0.0981. The number of ether oxygens (including phenoxy) is 3. The van der Waals surface area contributed by atoms with Gasteiger partial charge >= 0.3 is 0 Å². The van der Waals surface area contributed by atoms with Crippen LogP contribution >= 0.6 is 43.5 Å². The van der Waals surface area contributed by atoms with Crippen molar-refractivity contribution in [1.82, 2.24) is 0 Å². The fraction of sp³-hybridized carbons (Fsp3) is 0.0625. The quantitative estimate of drug-likeness (QED) is 0.0882. The summed E-state index contributed by atoms with van der Waals surface area (Å²) in [5, 5.41) is 20.1. The van der Waals surface area contributed by atoms with Crippen molar-refractivity contribution >= 4 is 54.8 Å². The van der Waals surface area contributed by atoms with Crippen LogP contribution in [0.3, 0.4) is 0 Å². The van der Waals surface area contributed by atoms with Crippen LogP contribution in [0.5, 0.6) is 28.7 Å². The van der Waals surface area contributed by atoms with Crippen LogP contribution in [0.4, 0.5) is 11.4 Å². The minimum atomic E-state index is -0.533. The molecule has 8 nitrogen and oxygen atoms in total. The molecule has 0 fully saturated rings. The Bertz CT molecular complexity index is 1670. The number of hydrogen-bond donors (Lipinski definition) is 2. The van der Waals surface area contributed by atoms with Gasteiger partial charge in [-0.15, -0.1) is 0 Å². The standard InChI is InChI=1S/C19H16BrNO3.C13H9BrClNO3/c20-14-3-1-13(2-4-14)12-23-17-9-10-19(18(21)11-17)24-16-7-5-15(22)6-8-16;14-10-3-1-9(2-4-10)8-19-11-5-6-12(15)13(7-11)16(17)18/h1-11,22H,12,21H2;1-7H,8H2. The molecule has 0 atom stereocenters. The van der Waals surface area contributed by atoms with Gasteiger partial charge < -0.3 is 25.1 Å². The van der Waals surface area contributed by atoms with Gasteiger partial charge in [0.25, 0.3) is 5.69 Å². The van der Waals surface area contributed by atoms with Crippen LogP contribution in [-0.2, 0) is 13.2 Å². The fourth-order valence-electron chi connectivity index (χ4n) is 3.57. The average molecular weight is 729 g/mol. The molecule has 3 N–H and O–H groups in total. The van der Waals surface area contributed by atoms with E-state index in [0.29, 0.717) is 41.9 Å². The van der Waals surface area contributed by atoms with E-state index >= 15 is 0 Å². The molecule has 0 aliphatic heterocycles. The number of benzene rings is 5. The zero-order valence-corrected chi connectivity index (χ0v) is 26.4. The lowest BCUT2D eigenvalue weighted by Gasteiger charge is -2.11. The van der Waals surface area contributed by atoms with Crippen molar-refractivity contribution in [1.29, 1.82) is 0 Å². The number of halogens is 3. The van der Waals surface area contributed by atoms with Gasteiger partial charge in [0.2, 0.25) is 0 Å². The van der Waals surface area contributed by atoms with Gasteiger partial charge in [-0.3, -0.25) is 10.1 Å². The summed E-state index contributed by atoms with van der Waals surface area (Å²) in [6.45, 7) is 0.803.